The Balaban J connectivity index is 2.44. The zero-order valence-electron chi connectivity index (χ0n) is 8.33. The summed E-state index contributed by atoms with van der Waals surface area (Å²) < 4.78 is 2.28. The maximum Gasteiger partial charge on any atom is 0.0483 e. The second-order valence-corrected chi connectivity index (χ2v) is 3.94. The summed E-state index contributed by atoms with van der Waals surface area (Å²) in [4.78, 5) is 0. The van der Waals surface area contributed by atoms with Gasteiger partial charge in [0.1, 0.15) is 0 Å². The molecule has 0 atom stereocenters. The van der Waals surface area contributed by atoms with Crippen molar-refractivity contribution in [3.8, 4) is 0 Å². The first-order valence-electron chi connectivity index (χ1n) is 4.93. The van der Waals surface area contributed by atoms with Gasteiger partial charge in [0.25, 0.3) is 0 Å². The van der Waals surface area contributed by atoms with Crippen molar-refractivity contribution in [1.29, 1.82) is 0 Å². The van der Waals surface area contributed by atoms with E-state index in [2.05, 4.69) is 42.0 Å². The lowest BCUT2D eigenvalue weighted by molar-refractivity contribution is 0.706. The number of aromatic nitrogens is 1. The van der Waals surface area contributed by atoms with Crippen LogP contribution < -0.4 is 0 Å². The Kier molecular flexibility index (Phi) is 2.78. The number of alkyl halides is 1. The molecule has 0 aliphatic heterocycles. The molecule has 1 aromatic carbocycles. The Labute approximate surface area is 89.3 Å². The molecule has 0 fully saturated rings. The molecule has 2 aromatic rings. The summed E-state index contributed by atoms with van der Waals surface area (Å²) >= 11 is 5.70. The van der Waals surface area contributed by atoms with E-state index in [1.54, 1.807) is 0 Å². The van der Waals surface area contributed by atoms with E-state index >= 15 is 0 Å². The molecule has 1 heterocycles. The van der Waals surface area contributed by atoms with Gasteiger partial charge in [0, 0.05) is 29.5 Å². The topological polar surface area (TPSA) is 4.93 Å². The molecule has 0 saturated heterocycles. The van der Waals surface area contributed by atoms with Gasteiger partial charge in [-0.25, -0.2) is 0 Å². The summed E-state index contributed by atoms with van der Waals surface area (Å²) in [7, 11) is 0. The molecule has 1 aromatic heterocycles. The number of hydrogen-bond acceptors (Lipinski definition) is 0. The van der Waals surface area contributed by atoms with Crippen LogP contribution >= 0.6 is 11.6 Å². The summed E-state index contributed by atoms with van der Waals surface area (Å²) in [5.74, 6) is 0.728. The quantitative estimate of drug-likeness (QED) is 0.678. The normalized spacial score (nSPS) is 11.0. The predicted octanol–water partition coefficient (Wildman–Crippen LogP) is 3.58. The lowest BCUT2D eigenvalue weighted by Crippen LogP contribution is -1.95. The Morgan fingerprint density at radius 3 is 2.86 bits per heavy atom. The molecular weight excluding hydrogens is 194 g/mol. The monoisotopic (exact) mass is 207 g/mol. The van der Waals surface area contributed by atoms with E-state index in [4.69, 9.17) is 11.6 Å². The molecule has 0 aliphatic carbocycles. The molecule has 1 nitrogen and oxygen atoms in total. The summed E-state index contributed by atoms with van der Waals surface area (Å²) in [5.41, 5.74) is 2.66. The lowest BCUT2D eigenvalue weighted by atomic mass is 10.2. The average Bonchev–Trinajstić information content (AvgIpc) is 2.54. The number of halogens is 1. The second kappa shape index (κ2) is 4.05. The van der Waals surface area contributed by atoms with Crippen molar-refractivity contribution in [3.05, 3.63) is 36.0 Å². The van der Waals surface area contributed by atoms with Crippen LogP contribution in [-0.4, -0.2) is 10.4 Å². The van der Waals surface area contributed by atoms with Crippen LogP contribution in [0.4, 0.5) is 0 Å². The number of rotatable bonds is 3. The highest BCUT2D eigenvalue weighted by Gasteiger charge is 2.02. The first-order chi connectivity index (χ1) is 6.83. The second-order valence-electron chi connectivity index (χ2n) is 3.57. The molecule has 2 heteroatoms. The molecule has 0 radical (unpaired) electrons. The standard InChI is InChI=1S/C12H14ClN/c1-10-9-14(8-4-7-13)12-6-3-2-5-11(10)12/h2-3,5-6,9H,4,7-8H2,1H3. The van der Waals surface area contributed by atoms with E-state index in [0.717, 1.165) is 18.8 Å². The molecule has 14 heavy (non-hydrogen) atoms. The number of para-hydroxylation sites is 1. The zero-order chi connectivity index (χ0) is 9.97. The van der Waals surface area contributed by atoms with E-state index in [9.17, 15) is 0 Å². The van der Waals surface area contributed by atoms with Crippen molar-refractivity contribution < 1.29 is 0 Å². The number of benzene rings is 1. The van der Waals surface area contributed by atoms with Gasteiger partial charge in [-0.3, -0.25) is 0 Å². The van der Waals surface area contributed by atoms with Crippen molar-refractivity contribution in [2.45, 2.75) is 19.9 Å². The van der Waals surface area contributed by atoms with Gasteiger partial charge in [0.15, 0.2) is 0 Å². The molecule has 0 aliphatic rings. The first kappa shape index (κ1) is 9.60. The summed E-state index contributed by atoms with van der Waals surface area (Å²) in [6.07, 6.45) is 3.23. The molecule has 0 N–H and O–H groups in total. The van der Waals surface area contributed by atoms with Crippen molar-refractivity contribution >= 4 is 22.5 Å². The summed E-state index contributed by atoms with van der Waals surface area (Å²) in [6.45, 7) is 3.16. The van der Waals surface area contributed by atoms with Gasteiger partial charge < -0.3 is 4.57 Å². The maximum absolute atomic E-state index is 5.70. The highest BCUT2D eigenvalue weighted by molar-refractivity contribution is 6.17. The third kappa shape index (κ3) is 1.64. The van der Waals surface area contributed by atoms with E-state index in [0.29, 0.717) is 0 Å². The van der Waals surface area contributed by atoms with Crippen LogP contribution in [0.2, 0.25) is 0 Å². The summed E-state index contributed by atoms with van der Waals surface area (Å²) in [6, 6.07) is 8.50. The Hall–Kier alpha value is -0.950. The smallest absolute Gasteiger partial charge is 0.0483 e. The largest absolute Gasteiger partial charge is 0.347 e. The fourth-order valence-electron chi connectivity index (χ4n) is 1.85. The number of fused-ring (bicyclic) bond motifs is 1. The molecular formula is C12H14ClN. The highest BCUT2D eigenvalue weighted by Crippen LogP contribution is 2.20. The van der Waals surface area contributed by atoms with E-state index < -0.39 is 0 Å². The fraction of sp³-hybridized carbons (Fsp3) is 0.333. The molecule has 0 amide bonds. The van der Waals surface area contributed by atoms with Crippen LogP contribution in [0.25, 0.3) is 10.9 Å². The molecule has 74 valence electrons. The zero-order valence-corrected chi connectivity index (χ0v) is 9.09. The maximum atomic E-state index is 5.70. The average molecular weight is 208 g/mol. The van der Waals surface area contributed by atoms with E-state index in [-0.39, 0.29) is 0 Å². The van der Waals surface area contributed by atoms with Crippen LogP contribution in [0.5, 0.6) is 0 Å². The minimum atomic E-state index is 0.728. The van der Waals surface area contributed by atoms with Crippen molar-refractivity contribution in [2.75, 3.05) is 5.88 Å². The number of hydrogen-bond donors (Lipinski definition) is 0. The van der Waals surface area contributed by atoms with Gasteiger partial charge >= 0.3 is 0 Å². The Morgan fingerprint density at radius 1 is 1.29 bits per heavy atom. The molecule has 0 unspecified atom stereocenters. The van der Waals surface area contributed by atoms with Crippen LogP contribution in [0.3, 0.4) is 0 Å². The van der Waals surface area contributed by atoms with Crippen LogP contribution in [0.1, 0.15) is 12.0 Å². The van der Waals surface area contributed by atoms with Gasteiger partial charge in [0.2, 0.25) is 0 Å². The molecule has 2 rings (SSSR count). The Morgan fingerprint density at radius 2 is 2.07 bits per heavy atom. The number of nitrogens with zero attached hydrogens (tertiary/aromatic N) is 1. The van der Waals surface area contributed by atoms with Gasteiger partial charge in [-0.1, -0.05) is 18.2 Å². The van der Waals surface area contributed by atoms with Crippen molar-refractivity contribution in [3.63, 3.8) is 0 Å². The van der Waals surface area contributed by atoms with Gasteiger partial charge in [-0.05, 0) is 25.0 Å². The summed E-state index contributed by atoms with van der Waals surface area (Å²) in [5, 5.41) is 1.35. The van der Waals surface area contributed by atoms with E-state index in [1.165, 1.54) is 16.5 Å². The van der Waals surface area contributed by atoms with Gasteiger partial charge in [-0.15, -0.1) is 11.6 Å². The molecule has 0 bridgehead atoms. The SMILES string of the molecule is Cc1cn(CCCCl)c2ccccc12. The van der Waals surface area contributed by atoms with Crippen molar-refractivity contribution in [1.82, 2.24) is 4.57 Å². The number of aryl methyl sites for hydroxylation is 2. The third-order valence-electron chi connectivity index (χ3n) is 2.52. The highest BCUT2D eigenvalue weighted by atomic mass is 35.5. The lowest BCUT2D eigenvalue weighted by Gasteiger charge is -2.02. The van der Waals surface area contributed by atoms with Crippen LogP contribution in [0.15, 0.2) is 30.5 Å². The van der Waals surface area contributed by atoms with Crippen molar-refractivity contribution in [2.24, 2.45) is 0 Å². The Bertz CT molecular complexity index is 431. The third-order valence-corrected chi connectivity index (χ3v) is 2.79. The van der Waals surface area contributed by atoms with Crippen LogP contribution in [-0.2, 0) is 6.54 Å². The van der Waals surface area contributed by atoms with Crippen LogP contribution in [0, 0.1) is 6.92 Å². The predicted molar refractivity (Wildman–Crippen MR) is 62.0 cm³/mol. The first-order valence-corrected chi connectivity index (χ1v) is 5.47. The molecule has 0 spiro atoms. The van der Waals surface area contributed by atoms with Gasteiger partial charge in [0.05, 0.1) is 0 Å². The minimum Gasteiger partial charge on any atom is -0.347 e. The van der Waals surface area contributed by atoms with Gasteiger partial charge in [-0.2, -0.15) is 0 Å². The minimum absolute atomic E-state index is 0.728. The van der Waals surface area contributed by atoms with E-state index in [1.807, 2.05) is 0 Å². The fourth-order valence-corrected chi connectivity index (χ4v) is 1.97. The molecule has 0 saturated carbocycles.